The van der Waals surface area contributed by atoms with Crippen molar-refractivity contribution in [3.8, 4) is 0 Å². The highest BCUT2D eigenvalue weighted by Crippen LogP contribution is 2.10. The van der Waals surface area contributed by atoms with Gasteiger partial charge in [0.1, 0.15) is 0 Å². The molecule has 3 atom stereocenters. The molecule has 166 valence electrons. The average Bonchev–Trinajstić information content (AvgIpc) is 2.67. The van der Waals surface area contributed by atoms with E-state index in [1.54, 1.807) is 0 Å². The second-order valence-electron chi connectivity index (χ2n) is 7.86. The van der Waals surface area contributed by atoms with Gasteiger partial charge in [-0.3, -0.25) is 9.89 Å². The molecule has 0 saturated carbocycles. The zero-order chi connectivity index (χ0) is 20.2. The van der Waals surface area contributed by atoms with Gasteiger partial charge in [-0.2, -0.15) is 0 Å². The average molecular weight is 518 g/mol. The maximum absolute atomic E-state index is 5.81. The fourth-order valence-electron chi connectivity index (χ4n) is 3.48. The highest BCUT2D eigenvalue weighted by Gasteiger charge is 2.21. The van der Waals surface area contributed by atoms with E-state index in [4.69, 9.17) is 9.47 Å². The van der Waals surface area contributed by atoms with E-state index in [2.05, 4.69) is 53.4 Å². The van der Waals surface area contributed by atoms with Crippen LogP contribution in [0.3, 0.4) is 0 Å². The number of guanidine groups is 1. The fraction of sp³-hybridized carbons (Fsp3) is 0.682. The highest BCUT2D eigenvalue weighted by molar-refractivity contribution is 14.0. The first-order valence-corrected chi connectivity index (χ1v) is 10.5. The lowest BCUT2D eigenvalue weighted by atomic mass is 10.2. The Hall–Kier alpha value is -0.900. The zero-order valence-electron chi connectivity index (χ0n) is 18.4. The van der Waals surface area contributed by atoms with Crippen LogP contribution in [0, 0.1) is 5.92 Å². The lowest BCUT2D eigenvalue weighted by Gasteiger charge is -2.35. The minimum Gasteiger partial charge on any atom is -0.376 e. The van der Waals surface area contributed by atoms with Crippen molar-refractivity contribution in [1.29, 1.82) is 0 Å². The fourth-order valence-corrected chi connectivity index (χ4v) is 3.48. The number of aliphatic imine (C=N–C) groups is 1. The summed E-state index contributed by atoms with van der Waals surface area (Å²) in [5, 5.41) is 6.80. The van der Waals surface area contributed by atoms with Gasteiger partial charge in [-0.05, 0) is 31.7 Å². The van der Waals surface area contributed by atoms with Gasteiger partial charge in [0, 0.05) is 39.8 Å². The predicted molar refractivity (Wildman–Crippen MR) is 131 cm³/mol. The van der Waals surface area contributed by atoms with Crippen LogP contribution in [-0.4, -0.2) is 69.4 Å². The van der Waals surface area contributed by atoms with E-state index in [0.29, 0.717) is 24.7 Å². The summed E-state index contributed by atoms with van der Waals surface area (Å²) in [7, 11) is 1.82. The normalized spacial score (nSPS) is 21.3. The molecule has 1 fully saturated rings. The summed E-state index contributed by atoms with van der Waals surface area (Å²) < 4.78 is 11.6. The Balaban J connectivity index is 0.00000420. The standard InChI is InChI=1S/C22H38N4O2.HI/c1-18(16-27-17-21-9-6-5-7-10-21)13-25-22(23-4)24-11-8-12-26-14-19(2)28-20(3)15-26;/h5-7,9-10,18-20H,8,11-17H2,1-4H3,(H2,23,24,25);1H. The third-order valence-corrected chi connectivity index (χ3v) is 4.79. The largest absolute Gasteiger partial charge is 0.376 e. The lowest BCUT2D eigenvalue weighted by Crippen LogP contribution is -2.46. The summed E-state index contributed by atoms with van der Waals surface area (Å²) in [5.41, 5.74) is 1.21. The SMILES string of the molecule is CN=C(NCCCN1CC(C)OC(C)C1)NCC(C)COCc1ccccc1.I. The van der Waals surface area contributed by atoms with Crippen molar-refractivity contribution in [2.75, 3.05) is 46.4 Å². The van der Waals surface area contributed by atoms with E-state index in [1.807, 2.05) is 25.2 Å². The molecular weight excluding hydrogens is 479 g/mol. The summed E-state index contributed by atoms with van der Waals surface area (Å²) in [5.74, 6) is 1.28. The molecule has 1 aromatic carbocycles. The number of nitrogens with zero attached hydrogens (tertiary/aromatic N) is 2. The Morgan fingerprint density at radius 1 is 1.21 bits per heavy atom. The first-order chi connectivity index (χ1) is 13.6. The third kappa shape index (κ3) is 11.2. The monoisotopic (exact) mass is 518 g/mol. The van der Waals surface area contributed by atoms with Crippen LogP contribution in [0.25, 0.3) is 0 Å². The molecule has 2 rings (SSSR count). The Bertz CT molecular complexity index is 563. The number of ether oxygens (including phenoxy) is 2. The molecule has 1 aliphatic rings. The van der Waals surface area contributed by atoms with E-state index in [1.165, 1.54) is 5.56 Å². The van der Waals surface area contributed by atoms with Crippen molar-refractivity contribution in [3.63, 3.8) is 0 Å². The van der Waals surface area contributed by atoms with Crippen molar-refractivity contribution in [2.24, 2.45) is 10.9 Å². The van der Waals surface area contributed by atoms with Crippen molar-refractivity contribution in [3.05, 3.63) is 35.9 Å². The van der Waals surface area contributed by atoms with Crippen molar-refractivity contribution in [1.82, 2.24) is 15.5 Å². The Labute approximate surface area is 193 Å². The summed E-state index contributed by atoms with van der Waals surface area (Å²) in [4.78, 5) is 6.81. The van der Waals surface area contributed by atoms with E-state index in [9.17, 15) is 0 Å². The second-order valence-corrected chi connectivity index (χ2v) is 7.86. The molecule has 1 aromatic rings. The van der Waals surface area contributed by atoms with Crippen LogP contribution in [0.2, 0.25) is 0 Å². The maximum Gasteiger partial charge on any atom is 0.190 e. The van der Waals surface area contributed by atoms with Gasteiger partial charge in [0.2, 0.25) is 0 Å². The van der Waals surface area contributed by atoms with Gasteiger partial charge in [0.15, 0.2) is 5.96 Å². The number of hydrogen-bond acceptors (Lipinski definition) is 4. The van der Waals surface area contributed by atoms with E-state index in [0.717, 1.165) is 51.7 Å². The molecule has 29 heavy (non-hydrogen) atoms. The molecule has 1 saturated heterocycles. The van der Waals surface area contributed by atoms with Crippen LogP contribution in [0.4, 0.5) is 0 Å². The van der Waals surface area contributed by atoms with Crippen molar-refractivity contribution in [2.45, 2.75) is 46.0 Å². The first-order valence-electron chi connectivity index (χ1n) is 10.5. The summed E-state index contributed by atoms with van der Waals surface area (Å²) in [6.45, 7) is 12.8. The minimum atomic E-state index is 0. The van der Waals surface area contributed by atoms with Gasteiger partial charge >= 0.3 is 0 Å². The van der Waals surface area contributed by atoms with Crippen molar-refractivity contribution < 1.29 is 9.47 Å². The van der Waals surface area contributed by atoms with E-state index in [-0.39, 0.29) is 24.0 Å². The molecule has 1 heterocycles. The Morgan fingerprint density at radius 2 is 1.90 bits per heavy atom. The topological polar surface area (TPSA) is 58.1 Å². The number of benzene rings is 1. The zero-order valence-corrected chi connectivity index (χ0v) is 20.7. The Morgan fingerprint density at radius 3 is 2.55 bits per heavy atom. The smallest absolute Gasteiger partial charge is 0.190 e. The number of rotatable bonds is 10. The molecule has 0 amide bonds. The van der Waals surface area contributed by atoms with E-state index < -0.39 is 0 Å². The van der Waals surface area contributed by atoms with Gasteiger partial charge in [0.25, 0.3) is 0 Å². The highest BCUT2D eigenvalue weighted by atomic mass is 127. The van der Waals surface area contributed by atoms with Gasteiger partial charge in [0.05, 0.1) is 25.4 Å². The molecule has 3 unspecified atom stereocenters. The quantitative estimate of drug-likeness (QED) is 0.216. The first kappa shape index (κ1) is 26.1. The number of halogens is 1. The summed E-state index contributed by atoms with van der Waals surface area (Å²) in [6, 6.07) is 10.3. The van der Waals surface area contributed by atoms with Gasteiger partial charge in [-0.1, -0.05) is 37.3 Å². The maximum atomic E-state index is 5.81. The van der Waals surface area contributed by atoms with Crippen LogP contribution in [0.5, 0.6) is 0 Å². The third-order valence-electron chi connectivity index (χ3n) is 4.79. The molecule has 1 aliphatic heterocycles. The van der Waals surface area contributed by atoms with Gasteiger partial charge in [-0.15, -0.1) is 24.0 Å². The Kier molecular flexibility index (Phi) is 13.5. The predicted octanol–water partition coefficient (Wildman–Crippen LogP) is 3.12. The molecule has 6 nitrogen and oxygen atoms in total. The van der Waals surface area contributed by atoms with Crippen LogP contribution >= 0.6 is 24.0 Å². The van der Waals surface area contributed by atoms with Gasteiger partial charge < -0.3 is 20.1 Å². The second kappa shape index (κ2) is 15.0. The number of hydrogen-bond donors (Lipinski definition) is 2. The summed E-state index contributed by atoms with van der Waals surface area (Å²) in [6.07, 6.45) is 1.75. The molecule has 0 aliphatic carbocycles. The minimum absolute atomic E-state index is 0. The number of nitrogens with one attached hydrogen (secondary N) is 2. The molecule has 0 radical (unpaired) electrons. The molecular formula is C22H39IN4O2. The van der Waals surface area contributed by atoms with Crippen molar-refractivity contribution >= 4 is 29.9 Å². The number of morpholine rings is 1. The molecule has 0 aromatic heterocycles. The van der Waals surface area contributed by atoms with Crippen LogP contribution in [0.1, 0.15) is 32.8 Å². The molecule has 0 spiro atoms. The van der Waals surface area contributed by atoms with Crippen LogP contribution < -0.4 is 10.6 Å². The molecule has 0 bridgehead atoms. The summed E-state index contributed by atoms with van der Waals surface area (Å²) >= 11 is 0. The van der Waals surface area contributed by atoms with Crippen LogP contribution in [0.15, 0.2) is 35.3 Å². The lowest BCUT2D eigenvalue weighted by molar-refractivity contribution is -0.0679. The molecule has 2 N–H and O–H groups in total. The van der Waals surface area contributed by atoms with Crippen LogP contribution in [-0.2, 0) is 16.1 Å². The van der Waals surface area contributed by atoms with Gasteiger partial charge in [-0.25, -0.2) is 0 Å². The molecule has 7 heteroatoms. The van der Waals surface area contributed by atoms with E-state index >= 15 is 0 Å².